The van der Waals surface area contributed by atoms with Crippen LogP contribution < -0.4 is 10.7 Å². The highest BCUT2D eigenvalue weighted by Gasteiger charge is 2.09. The number of nitrogens with one attached hydrogen (secondary N) is 2. The van der Waals surface area contributed by atoms with E-state index in [1.165, 1.54) is 6.21 Å². The van der Waals surface area contributed by atoms with Gasteiger partial charge in [-0.25, -0.2) is 5.43 Å². The first-order valence-electron chi connectivity index (χ1n) is 8.02. The summed E-state index contributed by atoms with van der Waals surface area (Å²) in [6, 6.07) is 16.7. The number of benzene rings is 2. The Hall–Kier alpha value is -3.51. The predicted octanol–water partition coefficient (Wildman–Crippen LogP) is 3.75. The quantitative estimate of drug-likeness (QED) is 0.524. The molecular weight excluding hydrogens is 364 g/mol. The Morgan fingerprint density at radius 2 is 1.63 bits per heavy atom. The van der Waals surface area contributed by atoms with Crippen LogP contribution in [0, 0.1) is 0 Å². The Balaban J connectivity index is 1.65. The molecule has 134 valence electrons. The second-order valence-electron chi connectivity index (χ2n) is 5.52. The number of nitrogens with zero attached hydrogens (tertiary/aromatic N) is 2. The van der Waals surface area contributed by atoms with Crippen molar-refractivity contribution in [2.75, 3.05) is 5.32 Å². The van der Waals surface area contributed by atoms with Gasteiger partial charge in [-0.2, -0.15) is 5.10 Å². The molecule has 0 bridgehead atoms. The molecule has 1 aromatic heterocycles. The van der Waals surface area contributed by atoms with E-state index in [4.69, 9.17) is 11.6 Å². The predicted molar refractivity (Wildman–Crippen MR) is 105 cm³/mol. The SMILES string of the molecule is O=C(NN=Cc1ccncc1)c1cccc(NC(=O)c2cccc(Cl)c2)c1. The van der Waals surface area contributed by atoms with Crippen LogP contribution in [0.25, 0.3) is 0 Å². The zero-order valence-corrected chi connectivity index (χ0v) is 14.9. The summed E-state index contributed by atoms with van der Waals surface area (Å²) in [5.41, 5.74) is 4.55. The van der Waals surface area contributed by atoms with E-state index in [-0.39, 0.29) is 11.8 Å². The van der Waals surface area contributed by atoms with Crippen LogP contribution in [0.15, 0.2) is 78.2 Å². The van der Waals surface area contributed by atoms with Crippen LogP contribution in [0.1, 0.15) is 26.3 Å². The molecule has 0 spiro atoms. The number of anilines is 1. The van der Waals surface area contributed by atoms with Gasteiger partial charge in [0, 0.05) is 34.2 Å². The minimum Gasteiger partial charge on any atom is -0.322 e. The molecular formula is C20H15ClN4O2. The van der Waals surface area contributed by atoms with E-state index in [9.17, 15) is 9.59 Å². The summed E-state index contributed by atoms with van der Waals surface area (Å²) in [6.45, 7) is 0. The molecule has 3 aromatic rings. The molecule has 0 radical (unpaired) electrons. The average molecular weight is 379 g/mol. The minimum absolute atomic E-state index is 0.314. The number of carbonyl (C=O) groups excluding carboxylic acids is 2. The molecule has 0 aliphatic carbocycles. The van der Waals surface area contributed by atoms with Gasteiger partial charge in [0.15, 0.2) is 0 Å². The van der Waals surface area contributed by atoms with Crippen molar-refractivity contribution < 1.29 is 9.59 Å². The summed E-state index contributed by atoms with van der Waals surface area (Å²) >= 11 is 5.90. The first-order chi connectivity index (χ1) is 13.1. The fourth-order valence-corrected chi connectivity index (χ4v) is 2.44. The third-order valence-electron chi connectivity index (χ3n) is 3.56. The Kier molecular flexibility index (Phi) is 5.91. The van der Waals surface area contributed by atoms with Gasteiger partial charge < -0.3 is 5.32 Å². The number of rotatable bonds is 5. The number of aromatic nitrogens is 1. The lowest BCUT2D eigenvalue weighted by atomic mass is 10.1. The maximum atomic E-state index is 12.3. The van der Waals surface area contributed by atoms with Crippen molar-refractivity contribution in [1.29, 1.82) is 0 Å². The van der Waals surface area contributed by atoms with E-state index in [0.29, 0.717) is 21.8 Å². The summed E-state index contributed by atoms with van der Waals surface area (Å²) in [5, 5.41) is 7.13. The molecule has 0 aliphatic rings. The molecule has 7 heteroatoms. The van der Waals surface area contributed by atoms with Crippen molar-refractivity contribution >= 4 is 35.3 Å². The summed E-state index contributed by atoms with van der Waals surface area (Å²) in [7, 11) is 0. The molecule has 0 aliphatic heterocycles. The largest absolute Gasteiger partial charge is 0.322 e. The number of hydrazone groups is 1. The van der Waals surface area contributed by atoms with Gasteiger partial charge in [0.2, 0.25) is 0 Å². The first-order valence-corrected chi connectivity index (χ1v) is 8.40. The first kappa shape index (κ1) is 18.3. The lowest BCUT2D eigenvalue weighted by molar-refractivity contribution is 0.0953. The molecule has 0 unspecified atom stereocenters. The van der Waals surface area contributed by atoms with Crippen LogP contribution in [0.2, 0.25) is 5.02 Å². The summed E-state index contributed by atoms with van der Waals surface area (Å²) in [6.07, 6.45) is 4.79. The molecule has 0 atom stereocenters. The van der Waals surface area contributed by atoms with Crippen LogP contribution in [0.3, 0.4) is 0 Å². The number of amides is 2. The monoisotopic (exact) mass is 378 g/mol. The molecule has 2 aromatic carbocycles. The van der Waals surface area contributed by atoms with E-state index in [1.807, 2.05) is 0 Å². The molecule has 0 fully saturated rings. The summed E-state index contributed by atoms with van der Waals surface area (Å²) in [5.74, 6) is -0.704. The number of halogens is 1. The molecule has 2 amide bonds. The Labute approximate surface area is 160 Å². The van der Waals surface area contributed by atoms with Gasteiger partial charge in [0.1, 0.15) is 0 Å². The lowest BCUT2D eigenvalue weighted by Gasteiger charge is -2.07. The number of pyridine rings is 1. The zero-order valence-electron chi connectivity index (χ0n) is 14.1. The maximum absolute atomic E-state index is 12.3. The lowest BCUT2D eigenvalue weighted by Crippen LogP contribution is -2.18. The molecule has 1 heterocycles. The van der Waals surface area contributed by atoms with E-state index < -0.39 is 0 Å². The van der Waals surface area contributed by atoms with Crippen LogP contribution in [0.4, 0.5) is 5.69 Å². The van der Waals surface area contributed by atoms with Crippen molar-refractivity contribution in [3.8, 4) is 0 Å². The smallest absolute Gasteiger partial charge is 0.271 e. The number of hydrogen-bond donors (Lipinski definition) is 2. The Bertz CT molecular complexity index is 990. The molecule has 0 saturated carbocycles. The molecule has 6 nitrogen and oxygen atoms in total. The second-order valence-corrected chi connectivity index (χ2v) is 5.96. The molecule has 27 heavy (non-hydrogen) atoms. The highest BCUT2D eigenvalue weighted by atomic mass is 35.5. The standard InChI is InChI=1S/C20H15ClN4O2/c21-17-5-1-3-15(11-17)19(26)24-18-6-2-4-16(12-18)20(27)25-23-13-14-7-9-22-10-8-14/h1-13H,(H,24,26)(H,25,27). The number of carbonyl (C=O) groups is 2. The fraction of sp³-hybridized carbons (Fsp3) is 0. The van der Waals surface area contributed by atoms with Crippen LogP contribution in [-0.2, 0) is 0 Å². The Morgan fingerprint density at radius 3 is 2.37 bits per heavy atom. The molecule has 0 saturated heterocycles. The van der Waals surface area contributed by atoms with E-state index in [0.717, 1.165) is 5.56 Å². The van der Waals surface area contributed by atoms with Crippen molar-refractivity contribution in [3.05, 3.63) is 94.8 Å². The van der Waals surface area contributed by atoms with Crippen molar-refractivity contribution in [3.63, 3.8) is 0 Å². The average Bonchev–Trinajstić information content (AvgIpc) is 2.69. The van der Waals surface area contributed by atoms with Crippen LogP contribution >= 0.6 is 11.6 Å². The van der Waals surface area contributed by atoms with Gasteiger partial charge in [-0.1, -0.05) is 23.7 Å². The summed E-state index contributed by atoms with van der Waals surface area (Å²) in [4.78, 5) is 28.4. The van der Waals surface area contributed by atoms with E-state index in [1.54, 1.807) is 73.1 Å². The van der Waals surface area contributed by atoms with Crippen LogP contribution in [0.5, 0.6) is 0 Å². The van der Waals surface area contributed by atoms with E-state index >= 15 is 0 Å². The minimum atomic E-state index is -0.390. The zero-order chi connectivity index (χ0) is 19.1. The number of hydrogen-bond acceptors (Lipinski definition) is 4. The van der Waals surface area contributed by atoms with Crippen LogP contribution in [-0.4, -0.2) is 23.0 Å². The van der Waals surface area contributed by atoms with Crippen molar-refractivity contribution in [2.24, 2.45) is 5.10 Å². The van der Waals surface area contributed by atoms with Crippen molar-refractivity contribution in [1.82, 2.24) is 10.4 Å². The van der Waals surface area contributed by atoms with Gasteiger partial charge in [-0.15, -0.1) is 0 Å². The van der Waals surface area contributed by atoms with E-state index in [2.05, 4.69) is 20.8 Å². The fourth-order valence-electron chi connectivity index (χ4n) is 2.25. The highest BCUT2D eigenvalue weighted by Crippen LogP contribution is 2.15. The maximum Gasteiger partial charge on any atom is 0.271 e. The van der Waals surface area contributed by atoms with Gasteiger partial charge in [0.05, 0.1) is 6.21 Å². The summed E-state index contributed by atoms with van der Waals surface area (Å²) < 4.78 is 0. The third kappa shape index (κ3) is 5.23. The van der Waals surface area contributed by atoms with Gasteiger partial charge in [-0.3, -0.25) is 14.6 Å². The third-order valence-corrected chi connectivity index (χ3v) is 3.79. The molecule has 3 rings (SSSR count). The highest BCUT2D eigenvalue weighted by molar-refractivity contribution is 6.31. The topological polar surface area (TPSA) is 83.4 Å². The normalized spacial score (nSPS) is 10.6. The van der Waals surface area contributed by atoms with Gasteiger partial charge >= 0.3 is 0 Å². The molecule has 2 N–H and O–H groups in total. The second kappa shape index (κ2) is 8.73. The van der Waals surface area contributed by atoms with Gasteiger partial charge in [0.25, 0.3) is 11.8 Å². The Morgan fingerprint density at radius 1 is 0.926 bits per heavy atom. The van der Waals surface area contributed by atoms with Gasteiger partial charge in [-0.05, 0) is 54.1 Å². The van der Waals surface area contributed by atoms with Crippen molar-refractivity contribution in [2.45, 2.75) is 0 Å².